The molecule has 2 heterocycles. The largest absolute Gasteiger partial charge is 0.433 e. The molecule has 13 heteroatoms. The van der Waals surface area contributed by atoms with E-state index in [9.17, 15) is 23.2 Å². The first kappa shape index (κ1) is 25.3. The number of amides is 3. The molecule has 2 fully saturated rings. The van der Waals surface area contributed by atoms with Gasteiger partial charge in [-0.3, -0.25) is 14.4 Å². The van der Waals surface area contributed by atoms with Gasteiger partial charge in [0.1, 0.15) is 12.6 Å². The van der Waals surface area contributed by atoms with Gasteiger partial charge in [-0.2, -0.15) is 8.78 Å². The van der Waals surface area contributed by atoms with E-state index in [0.29, 0.717) is 9.21 Å². The molecule has 1 saturated heterocycles. The highest BCUT2D eigenvalue weighted by atomic mass is 35.5. The Hall–Kier alpha value is -2.80. The lowest BCUT2D eigenvalue weighted by molar-refractivity contribution is -0.125. The highest BCUT2D eigenvalue weighted by Crippen LogP contribution is 2.33. The number of alkyl halides is 2. The second kappa shape index (κ2) is 11.3. The van der Waals surface area contributed by atoms with Crippen molar-refractivity contribution in [3.8, 4) is 5.75 Å². The van der Waals surface area contributed by atoms with Crippen molar-refractivity contribution >= 4 is 52.0 Å². The third-order valence-corrected chi connectivity index (χ3v) is 6.54. The molecule has 3 amide bonds. The van der Waals surface area contributed by atoms with Crippen LogP contribution in [0.2, 0.25) is 4.34 Å². The Labute approximate surface area is 208 Å². The smallest absolute Gasteiger partial charge is 0.387 e. The summed E-state index contributed by atoms with van der Waals surface area (Å²) in [4.78, 5) is 39.2. The highest BCUT2D eigenvalue weighted by Gasteiger charge is 2.30. The summed E-state index contributed by atoms with van der Waals surface area (Å²) in [6.07, 6.45) is 1.82. The molecule has 2 aliphatic rings. The Bertz CT molecular complexity index is 1100. The van der Waals surface area contributed by atoms with Gasteiger partial charge in [0.15, 0.2) is 5.75 Å². The van der Waals surface area contributed by atoms with E-state index in [-0.39, 0.29) is 61.3 Å². The molecular formula is C22H23ClF2N4O5S. The average molecular weight is 529 g/mol. The van der Waals surface area contributed by atoms with Gasteiger partial charge >= 0.3 is 6.61 Å². The number of hydrogen-bond donors (Lipinski definition) is 3. The molecule has 1 aromatic carbocycles. The van der Waals surface area contributed by atoms with Crippen molar-refractivity contribution < 1.29 is 32.6 Å². The van der Waals surface area contributed by atoms with Crippen LogP contribution < -0.4 is 25.6 Å². The van der Waals surface area contributed by atoms with Crippen LogP contribution in [0.3, 0.4) is 0 Å². The molecule has 2 aromatic rings. The molecule has 9 nitrogen and oxygen atoms in total. The van der Waals surface area contributed by atoms with Crippen LogP contribution in [0.1, 0.15) is 22.5 Å². The molecule has 0 radical (unpaired) electrons. The van der Waals surface area contributed by atoms with E-state index in [1.165, 1.54) is 23.1 Å². The predicted octanol–water partition coefficient (Wildman–Crippen LogP) is 2.86. The van der Waals surface area contributed by atoms with Crippen LogP contribution in [0, 0.1) is 0 Å². The zero-order valence-corrected chi connectivity index (χ0v) is 20.0. The van der Waals surface area contributed by atoms with Gasteiger partial charge in [-0.1, -0.05) is 11.6 Å². The number of carbonyl (C=O) groups excluding carboxylic acids is 3. The van der Waals surface area contributed by atoms with E-state index >= 15 is 0 Å². The number of hydrogen-bond acceptors (Lipinski definition) is 7. The first-order valence-electron chi connectivity index (χ1n) is 10.9. The molecule has 1 aromatic heterocycles. The van der Waals surface area contributed by atoms with Gasteiger partial charge in [0, 0.05) is 30.9 Å². The van der Waals surface area contributed by atoms with Crippen LogP contribution in [0.4, 0.5) is 20.2 Å². The second-order valence-electron chi connectivity index (χ2n) is 7.96. The minimum atomic E-state index is -3.12. The third kappa shape index (κ3) is 6.88. The summed E-state index contributed by atoms with van der Waals surface area (Å²) < 4.78 is 36.3. The summed E-state index contributed by atoms with van der Waals surface area (Å²) in [5.74, 6) is -1.45. The number of halogens is 3. The van der Waals surface area contributed by atoms with Gasteiger partial charge in [0.25, 0.3) is 11.8 Å². The maximum atomic E-state index is 13.1. The van der Waals surface area contributed by atoms with E-state index in [0.717, 1.165) is 24.2 Å². The van der Waals surface area contributed by atoms with Crippen LogP contribution in [-0.4, -0.2) is 62.7 Å². The number of anilines is 2. The number of nitrogens with zero attached hydrogens (tertiary/aromatic N) is 1. The van der Waals surface area contributed by atoms with E-state index < -0.39 is 18.6 Å². The lowest BCUT2D eigenvalue weighted by Gasteiger charge is -2.28. The number of ether oxygens (including phenoxy) is 2. The maximum Gasteiger partial charge on any atom is 0.387 e. The van der Waals surface area contributed by atoms with Gasteiger partial charge in [-0.15, -0.1) is 11.3 Å². The average Bonchev–Trinajstić information content (AvgIpc) is 3.53. The molecule has 3 N–H and O–H groups in total. The molecule has 1 atom stereocenters. The SMILES string of the molecule is O=C(NC[C@H](NC1CC1)C(=O)Nc1ccc(N2CCOCC2=O)c(OC(F)F)c1)c1ccc(Cl)s1. The standard InChI is InChI=1S/C22H23ClF2N4O5S/c23-18-6-5-17(35-18)21(32)26-10-14(27-12-1-2-12)20(31)28-13-3-4-15(16(9-13)34-22(24)25)29-7-8-33-11-19(29)30/h3-6,9,12,14,22,27H,1-2,7-8,10-11H2,(H,26,32)(H,28,31)/t14-/m0/s1. The van der Waals surface area contributed by atoms with E-state index in [2.05, 4.69) is 20.7 Å². The fourth-order valence-electron chi connectivity index (χ4n) is 3.49. The number of benzene rings is 1. The van der Waals surface area contributed by atoms with Crippen LogP contribution in [-0.2, 0) is 14.3 Å². The van der Waals surface area contributed by atoms with Crippen molar-refractivity contribution in [3.63, 3.8) is 0 Å². The lowest BCUT2D eigenvalue weighted by Crippen LogP contribution is -2.49. The highest BCUT2D eigenvalue weighted by molar-refractivity contribution is 7.18. The molecule has 35 heavy (non-hydrogen) atoms. The Kier molecular flexibility index (Phi) is 8.16. The first-order valence-corrected chi connectivity index (χ1v) is 12.1. The number of nitrogens with one attached hydrogen (secondary N) is 3. The minimum absolute atomic E-state index is 0.0113. The molecule has 1 aliphatic carbocycles. The van der Waals surface area contributed by atoms with Gasteiger partial charge in [-0.05, 0) is 37.1 Å². The Morgan fingerprint density at radius 3 is 2.71 bits per heavy atom. The predicted molar refractivity (Wildman–Crippen MR) is 126 cm³/mol. The van der Waals surface area contributed by atoms with Crippen LogP contribution >= 0.6 is 22.9 Å². The van der Waals surface area contributed by atoms with Crippen LogP contribution in [0.15, 0.2) is 30.3 Å². The van der Waals surface area contributed by atoms with E-state index in [1.54, 1.807) is 12.1 Å². The summed E-state index contributed by atoms with van der Waals surface area (Å²) in [5.41, 5.74) is 0.361. The summed E-state index contributed by atoms with van der Waals surface area (Å²) >= 11 is 7.00. The summed E-state index contributed by atoms with van der Waals surface area (Å²) in [6.45, 7) is -2.83. The zero-order chi connectivity index (χ0) is 24.9. The minimum Gasteiger partial charge on any atom is -0.433 e. The maximum absolute atomic E-state index is 13.1. The molecule has 1 saturated carbocycles. The molecule has 188 valence electrons. The number of carbonyl (C=O) groups is 3. The van der Waals surface area contributed by atoms with Crippen LogP contribution in [0.25, 0.3) is 0 Å². The van der Waals surface area contributed by atoms with Crippen molar-refractivity contribution in [1.82, 2.24) is 10.6 Å². The van der Waals surface area contributed by atoms with Crippen molar-refractivity contribution in [2.24, 2.45) is 0 Å². The van der Waals surface area contributed by atoms with Gasteiger partial charge in [-0.25, -0.2) is 0 Å². The monoisotopic (exact) mass is 528 g/mol. The number of morpholine rings is 1. The number of rotatable bonds is 10. The number of thiophene rings is 1. The fourth-order valence-corrected chi connectivity index (χ4v) is 4.45. The Balaban J connectivity index is 1.46. The summed E-state index contributed by atoms with van der Waals surface area (Å²) in [6, 6.07) is 6.77. The normalized spacial score (nSPS) is 16.8. The topological polar surface area (TPSA) is 109 Å². The summed E-state index contributed by atoms with van der Waals surface area (Å²) in [5, 5.41) is 8.56. The molecule has 0 unspecified atom stereocenters. The summed E-state index contributed by atoms with van der Waals surface area (Å²) in [7, 11) is 0. The second-order valence-corrected chi connectivity index (χ2v) is 9.67. The molecule has 0 spiro atoms. The van der Waals surface area contributed by atoms with Crippen molar-refractivity contribution in [3.05, 3.63) is 39.5 Å². The van der Waals surface area contributed by atoms with E-state index in [4.69, 9.17) is 16.3 Å². The third-order valence-electron chi connectivity index (χ3n) is 5.31. The van der Waals surface area contributed by atoms with Gasteiger partial charge < -0.3 is 30.3 Å². The van der Waals surface area contributed by atoms with E-state index in [1.807, 2.05) is 0 Å². The molecule has 1 aliphatic heterocycles. The van der Waals surface area contributed by atoms with Gasteiger partial charge in [0.05, 0.1) is 21.5 Å². The van der Waals surface area contributed by atoms with Gasteiger partial charge in [0.2, 0.25) is 5.91 Å². The quantitative estimate of drug-likeness (QED) is 0.437. The lowest BCUT2D eigenvalue weighted by atomic mass is 10.2. The first-order chi connectivity index (χ1) is 16.8. The molecule has 4 rings (SSSR count). The Morgan fingerprint density at radius 1 is 1.26 bits per heavy atom. The molecular weight excluding hydrogens is 506 g/mol. The Morgan fingerprint density at radius 2 is 2.06 bits per heavy atom. The zero-order valence-electron chi connectivity index (χ0n) is 18.4. The molecule has 0 bridgehead atoms. The van der Waals surface area contributed by atoms with Crippen LogP contribution in [0.5, 0.6) is 5.75 Å². The fraction of sp³-hybridized carbons (Fsp3) is 0.409. The van der Waals surface area contributed by atoms with Crippen molar-refractivity contribution in [2.75, 3.05) is 36.5 Å². The van der Waals surface area contributed by atoms with Crippen molar-refractivity contribution in [2.45, 2.75) is 31.5 Å². The van der Waals surface area contributed by atoms with Crippen molar-refractivity contribution in [1.29, 1.82) is 0 Å².